The Morgan fingerprint density at radius 3 is 2.77 bits per heavy atom. The van der Waals surface area contributed by atoms with Gasteiger partial charge in [-0.15, -0.1) is 11.3 Å². The summed E-state index contributed by atoms with van der Waals surface area (Å²) in [6, 6.07) is 6.22. The molecular weight excluding hydrogens is 296 g/mol. The van der Waals surface area contributed by atoms with Crippen LogP contribution in [0, 0.1) is 0 Å². The third-order valence-corrected chi connectivity index (χ3v) is 4.93. The number of rotatable bonds is 6. The van der Waals surface area contributed by atoms with E-state index in [9.17, 15) is 5.11 Å². The molecule has 2 aromatic heterocycles. The monoisotopic (exact) mass is 320 g/mol. The van der Waals surface area contributed by atoms with Crippen LogP contribution < -0.4 is 0 Å². The number of thiophene rings is 1. The molecule has 1 aliphatic heterocycles. The fourth-order valence-corrected chi connectivity index (χ4v) is 3.71. The summed E-state index contributed by atoms with van der Waals surface area (Å²) in [4.78, 5) is 6.33. The molecule has 5 nitrogen and oxygen atoms in total. The highest BCUT2D eigenvalue weighted by molar-refractivity contribution is 7.09. The van der Waals surface area contributed by atoms with E-state index in [4.69, 9.17) is 0 Å². The molecule has 0 amide bonds. The SMILES string of the molecule is OC(CN1CCCN(Cc2cccs2)CC1)Cn1cccn1. The molecule has 3 rings (SSSR count). The summed E-state index contributed by atoms with van der Waals surface area (Å²) < 4.78 is 1.80. The molecule has 1 unspecified atom stereocenters. The molecule has 6 heteroatoms. The second-order valence-electron chi connectivity index (χ2n) is 5.89. The van der Waals surface area contributed by atoms with Crippen LogP contribution in [0.25, 0.3) is 0 Å². The van der Waals surface area contributed by atoms with Crippen molar-refractivity contribution in [1.82, 2.24) is 19.6 Å². The number of β-amino-alcohol motifs (C(OH)–C–C–N with tert-alkyl or cyclic N) is 1. The highest BCUT2D eigenvalue weighted by atomic mass is 32.1. The summed E-state index contributed by atoms with van der Waals surface area (Å²) in [5, 5.41) is 16.5. The predicted molar refractivity (Wildman–Crippen MR) is 88.9 cm³/mol. The van der Waals surface area contributed by atoms with Crippen LogP contribution in [0.2, 0.25) is 0 Å². The summed E-state index contributed by atoms with van der Waals surface area (Å²) >= 11 is 1.83. The van der Waals surface area contributed by atoms with Crippen molar-refractivity contribution < 1.29 is 5.11 Å². The fraction of sp³-hybridized carbons (Fsp3) is 0.562. The maximum Gasteiger partial charge on any atom is 0.0862 e. The van der Waals surface area contributed by atoms with Gasteiger partial charge in [-0.2, -0.15) is 5.10 Å². The zero-order chi connectivity index (χ0) is 15.2. The molecular formula is C16H24N4OS. The summed E-state index contributed by atoms with van der Waals surface area (Å²) in [6.45, 7) is 6.67. The van der Waals surface area contributed by atoms with E-state index in [1.807, 2.05) is 23.6 Å². The van der Waals surface area contributed by atoms with Crippen molar-refractivity contribution in [3.63, 3.8) is 0 Å². The summed E-state index contributed by atoms with van der Waals surface area (Å²) in [7, 11) is 0. The molecule has 1 fully saturated rings. The van der Waals surface area contributed by atoms with Crippen molar-refractivity contribution >= 4 is 11.3 Å². The van der Waals surface area contributed by atoms with Crippen LogP contribution >= 0.6 is 11.3 Å². The van der Waals surface area contributed by atoms with Gasteiger partial charge >= 0.3 is 0 Å². The molecule has 0 radical (unpaired) electrons. The van der Waals surface area contributed by atoms with E-state index in [0.717, 1.165) is 39.3 Å². The zero-order valence-electron chi connectivity index (χ0n) is 12.8. The molecule has 3 heterocycles. The molecule has 120 valence electrons. The minimum Gasteiger partial charge on any atom is -0.390 e. The third kappa shape index (κ3) is 4.64. The molecule has 2 aromatic rings. The summed E-state index contributed by atoms with van der Waals surface area (Å²) in [6.07, 6.45) is 4.46. The molecule has 0 bridgehead atoms. The van der Waals surface area contributed by atoms with Gasteiger partial charge in [-0.25, -0.2) is 0 Å². The van der Waals surface area contributed by atoms with Crippen molar-refractivity contribution in [2.45, 2.75) is 25.6 Å². The second kappa shape index (κ2) is 7.87. The fourth-order valence-electron chi connectivity index (χ4n) is 2.97. The summed E-state index contributed by atoms with van der Waals surface area (Å²) in [5.74, 6) is 0. The van der Waals surface area contributed by atoms with Crippen LogP contribution in [0.4, 0.5) is 0 Å². The number of aromatic nitrogens is 2. The Balaban J connectivity index is 1.43. The lowest BCUT2D eigenvalue weighted by atomic mass is 10.3. The predicted octanol–water partition coefficient (Wildman–Crippen LogP) is 1.51. The second-order valence-corrected chi connectivity index (χ2v) is 6.92. The van der Waals surface area contributed by atoms with Crippen LogP contribution in [0.5, 0.6) is 0 Å². The molecule has 1 saturated heterocycles. The first kappa shape index (κ1) is 15.7. The number of nitrogens with zero attached hydrogens (tertiary/aromatic N) is 4. The van der Waals surface area contributed by atoms with E-state index in [2.05, 4.69) is 32.4 Å². The zero-order valence-corrected chi connectivity index (χ0v) is 13.7. The van der Waals surface area contributed by atoms with Crippen LogP contribution in [0.3, 0.4) is 0 Å². The third-order valence-electron chi connectivity index (χ3n) is 4.07. The number of hydrogen-bond donors (Lipinski definition) is 1. The lowest BCUT2D eigenvalue weighted by molar-refractivity contribution is 0.0962. The number of aliphatic hydroxyl groups is 1. The molecule has 0 spiro atoms. The summed E-state index contributed by atoms with van der Waals surface area (Å²) in [5.41, 5.74) is 0. The first-order chi connectivity index (χ1) is 10.8. The van der Waals surface area contributed by atoms with Crippen LogP contribution in [0.15, 0.2) is 36.0 Å². The minimum atomic E-state index is -0.358. The molecule has 1 N–H and O–H groups in total. The lowest BCUT2D eigenvalue weighted by Crippen LogP contribution is -2.37. The van der Waals surface area contributed by atoms with Gasteiger partial charge in [0.15, 0.2) is 0 Å². The Kier molecular flexibility index (Phi) is 5.61. The van der Waals surface area contributed by atoms with Gasteiger partial charge in [-0.3, -0.25) is 14.5 Å². The van der Waals surface area contributed by atoms with Crippen molar-refractivity contribution in [2.75, 3.05) is 32.7 Å². The Morgan fingerprint density at radius 2 is 2.00 bits per heavy atom. The van der Waals surface area contributed by atoms with Gasteiger partial charge in [-0.05, 0) is 37.0 Å². The maximum absolute atomic E-state index is 10.2. The van der Waals surface area contributed by atoms with Crippen LogP contribution in [-0.4, -0.2) is 63.5 Å². The van der Waals surface area contributed by atoms with E-state index in [0.29, 0.717) is 6.54 Å². The first-order valence-electron chi connectivity index (χ1n) is 7.92. The molecule has 1 atom stereocenters. The molecule has 0 aromatic carbocycles. The molecule has 1 aliphatic rings. The van der Waals surface area contributed by atoms with Crippen molar-refractivity contribution in [3.8, 4) is 0 Å². The van der Waals surface area contributed by atoms with Gasteiger partial charge in [-0.1, -0.05) is 6.07 Å². The average molecular weight is 320 g/mol. The van der Waals surface area contributed by atoms with E-state index < -0.39 is 0 Å². The van der Waals surface area contributed by atoms with Gasteiger partial charge < -0.3 is 5.11 Å². The highest BCUT2D eigenvalue weighted by Gasteiger charge is 2.18. The Labute approximate surface area is 135 Å². The van der Waals surface area contributed by atoms with Crippen LogP contribution in [-0.2, 0) is 13.1 Å². The Hall–Kier alpha value is -1.21. The smallest absolute Gasteiger partial charge is 0.0862 e. The van der Waals surface area contributed by atoms with E-state index in [1.54, 1.807) is 10.9 Å². The molecule has 22 heavy (non-hydrogen) atoms. The van der Waals surface area contributed by atoms with Crippen molar-refractivity contribution in [1.29, 1.82) is 0 Å². The van der Waals surface area contributed by atoms with Gasteiger partial charge in [0.2, 0.25) is 0 Å². The van der Waals surface area contributed by atoms with Gasteiger partial charge in [0.1, 0.15) is 0 Å². The van der Waals surface area contributed by atoms with Gasteiger partial charge in [0.25, 0.3) is 0 Å². The Bertz CT molecular complexity index is 528. The highest BCUT2D eigenvalue weighted by Crippen LogP contribution is 2.14. The molecule has 0 aliphatic carbocycles. The maximum atomic E-state index is 10.2. The van der Waals surface area contributed by atoms with E-state index >= 15 is 0 Å². The van der Waals surface area contributed by atoms with Crippen molar-refractivity contribution in [2.24, 2.45) is 0 Å². The van der Waals surface area contributed by atoms with E-state index in [-0.39, 0.29) is 6.10 Å². The standard InChI is InChI=1S/C16H24N4OS/c21-15(13-20-8-2-5-17-20)12-18-6-3-7-19(10-9-18)14-16-4-1-11-22-16/h1-2,4-5,8,11,15,21H,3,6-7,9-10,12-14H2. The lowest BCUT2D eigenvalue weighted by Gasteiger charge is -2.23. The van der Waals surface area contributed by atoms with Crippen molar-refractivity contribution in [3.05, 3.63) is 40.8 Å². The quantitative estimate of drug-likeness (QED) is 0.876. The number of aliphatic hydroxyl groups excluding tert-OH is 1. The van der Waals surface area contributed by atoms with Gasteiger partial charge in [0, 0.05) is 43.4 Å². The molecule has 0 saturated carbocycles. The average Bonchev–Trinajstić information content (AvgIpc) is 3.13. The van der Waals surface area contributed by atoms with E-state index in [1.165, 1.54) is 11.3 Å². The topological polar surface area (TPSA) is 44.5 Å². The number of hydrogen-bond acceptors (Lipinski definition) is 5. The largest absolute Gasteiger partial charge is 0.390 e. The first-order valence-corrected chi connectivity index (χ1v) is 8.80. The minimum absolute atomic E-state index is 0.358. The normalized spacial score (nSPS) is 19.1. The van der Waals surface area contributed by atoms with Gasteiger partial charge in [0.05, 0.1) is 12.6 Å². The van der Waals surface area contributed by atoms with Crippen LogP contribution in [0.1, 0.15) is 11.3 Å². The Morgan fingerprint density at radius 1 is 1.14 bits per heavy atom.